The quantitative estimate of drug-likeness (QED) is 0.462. The van der Waals surface area contributed by atoms with Crippen LogP contribution in [0.15, 0.2) is 36.8 Å². The first-order valence-corrected chi connectivity index (χ1v) is 9.51. The molecule has 0 amide bonds. The third-order valence-electron chi connectivity index (χ3n) is 3.82. The first kappa shape index (κ1) is 19.0. The number of aromatic carboxylic acids is 1. The monoisotopic (exact) mass is 442 g/mol. The van der Waals surface area contributed by atoms with Gasteiger partial charge < -0.3 is 10.4 Å². The van der Waals surface area contributed by atoms with E-state index in [0.29, 0.717) is 42.2 Å². The van der Waals surface area contributed by atoms with Crippen LogP contribution in [0.2, 0.25) is 10.0 Å². The van der Waals surface area contributed by atoms with Crippen molar-refractivity contribution in [3.05, 3.63) is 58.1 Å². The highest BCUT2D eigenvalue weighted by molar-refractivity contribution is 7.22. The number of benzene rings is 1. The number of carboxylic acids is 1. The zero-order valence-corrected chi connectivity index (χ0v) is 16.5. The van der Waals surface area contributed by atoms with Crippen molar-refractivity contribution < 1.29 is 9.90 Å². The molecule has 8 nitrogen and oxygen atoms in total. The van der Waals surface area contributed by atoms with E-state index in [4.69, 9.17) is 33.6 Å². The Labute approximate surface area is 177 Å². The van der Waals surface area contributed by atoms with Gasteiger partial charge in [-0.05, 0) is 18.2 Å². The maximum atomic E-state index is 11.1. The summed E-state index contributed by atoms with van der Waals surface area (Å²) in [5.74, 6) is -0.434. The van der Waals surface area contributed by atoms with Gasteiger partial charge in [-0.15, -0.1) is 11.3 Å². The van der Waals surface area contributed by atoms with Gasteiger partial charge in [0.1, 0.15) is 17.2 Å². The Balaban J connectivity index is 1.78. The Morgan fingerprint density at radius 3 is 2.62 bits per heavy atom. The van der Waals surface area contributed by atoms with Crippen LogP contribution in [0.25, 0.3) is 20.8 Å². The first-order valence-electron chi connectivity index (χ1n) is 7.93. The molecule has 4 rings (SSSR count). The number of halogens is 2. The molecular formula is C18H8Cl2N6O2S. The SMILES string of the molecule is N#Cc1cc(Cl)c(-c2nc3ccnc(Nc4cc(C(=O)O)ncn4)c3s2)c(Cl)c1. The van der Waals surface area contributed by atoms with Gasteiger partial charge in [-0.3, -0.25) is 0 Å². The van der Waals surface area contributed by atoms with Gasteiger partial charge in [0.05, 0.1) is 31.9 Å². The molecule has 4 aromatic rings. The minimum absolute atomic E-state index is 0.143. The van der Waals surface area contributed by atoms with Gasteiger partial charge in [-0.1, -0.05) is 23.2 Å². The van der Waals surface area contributed by atoms with E-state index in [1.807, 2.05) is 6.07 Å². The summed E-state index contributed by atoms with van der Waals surface area (Å²) in [6.45, 7) is 0. The van der Waals surface area contributed by atoms with Crippen LogP contribution in [0, 0.1) is 11.3 Å². The van der Waals surface area contributed by atoms with Gasteiger partial charge in [-0.25, -0.2) is 24.7 Å². The average Bonchev–Trinajstić information content (AvgIpc) is 3.12. The molecule has 0 radical (unpaired) electrons. The number of nitrogens with zero attached hydrogens (tertiary/aromatic N) is 5. The third-order valence-corrected chi connectivity index (χ3v) is 5.51. The number of rotatable bonds is 4. The Kier molecular flexibility index (Phi) is 4.98. The lowest BCUT2D eigenvalue weighted by Gasteiger charge is -2.05. The molecule has 142 valence electrons. The maximum absolute atomic E-state index is 11.1. The van der Waals surface area contributed by atoms with E-state index in [9.17, 15) is 4.79 Å². The molecule has 0 aliphatic carbocycles. The highest BCUT2D eigenvalue weighted by atomic mass is 35.5. The molecule has 0 saturated carbocycles. The zero-order chi connectivity index (χ0) is 20.5. The van der Waals surface area contributed by atoms with Crippen LogP contribution in [-0.4, -0.2) is 31.0 Å². The van der Waals surface area contributed by atoms with Crippen LogP contribution in [0.3, 0.4) is 0 Å². The number of thiazole rings is 1. The van der Waals surface area contributed by atoms with Gasteiger partial charge >= 0.3 is 5.97 Å². The van der Waals surface area contributed by atoms with E-state index < -0.39 is 5.97 Å². The van der Waals surface area contributed by atoms with Crippen LogP contribution in [-0.2, 0) is 0 Å². The molecule has 0 fully saturated rings. The Hall–Kier alpha value is -3.32. The normalized spacial score (nSPS) is 10.7. The van der Waals surface area contributed by atoms with Gasteiger partial charge in [0.15, 0.2) is 11.5 Å². The van der Waals surface area contributed by atoms with E-state index in [2.05, 4.69) is 25.3 Å². The van der Waals surface area contributed by atoms with E-state index in [1.165, 1.54) is 29.5 Å². The Bertz CT molecular complexity index is 1290. The van der Waals surface area contributed by atoms with Gasteiger partial charge in [-0.2, -0.15) is 5.26 Å². The lowest BCUT2D eigenvalue weighted by atomic mass is 10.1. The second kappa shape index (κ2) is 7.60. The molecule has 0 aliphatic rings. The molecule has 0 aliphatic heterocycles. The second-order valence-electron chi connectivity index (χ2n) is 5.67. The summed E-state index contributed by atoms with van der Waals surface area (Å²) in [6, 6.07) is 8.10. The van der Waals surface area contributed by atoms with E-state index in [1.54, 1.807) is 12.3 Å². The maximum Gasteiger partial charge on any atom is 0.354 e. The summed E-state index contributed by atoms with van der Waals surface area (Å²) in [5, 5.41) is 22.3. The number of nitrogens with one attached hydrogen (secondary N) is 1. The third kappa shape index (κ3) is 3.69. The zero-order valence-electron chi connectivity index (χ0n) is 14.2. The molecular weight excluding hydrogens is 435 g/mol. The topological polar surface area (TPSA) is 125 Å². The number of fused-ring (bicyclic) bond motifs is 1. The summed E-state index contributed by atoms with van der Waals surface area (Å²) in [7, 11) is 0. The Morgan fingerprint density at radius 2 is 1.93 bits per heavy atom. The fourth-order valence-corrected chi connectivity index (χ4v) is 4.41. The lowest BCUT2D eigenvalue weighted by molar-refractivity contribution is 0.0690. The molecule has 0 atom stereocenters. The summed E-state index contributed by atoms with van der Waals surface area (Å²) in [5.41, 5.74) is 1.38. The summed E-state index contributed by atoms with van der Waals surface area (Å²) in [6.07, 6.45) is 2.72. The van der Waals surface area contributed by atoms with Crippen molar-refractivity contribution in [3.63, 3.8) is 0 Å². The molecule has 0 unspecified atom stereocenters. The predicted molar refractivity (Wildman–Crippen MR) is 110 cm³/mol. The van der Waals surface area contributed by atoms with Crippen LogP contribution < -0.4 is 5.32 Å². The minimum atomic E-state index is -1.16. The van der Waals surface area contributed by atoms with Gasteiger partial charge in [0.25, 0.3) is 0 Å². The average molecular weight is 443 g/mol. The number of carbonyl (C=O) groups is 1. The summed E-state index contributed by atoms with van der Waals surface area (Å²) < 4.78 is 0.703. The molecule has 0 bridgehead atoms. The second-order valence-corrected chi connectivity index (χ2v) is 7.49. The largest absolute Gasteiger partial charge is 0.477 e. The van der Waals surface area contributed by atoms with Crippen molar-refractivity contribution in [2.24, 2.45) is 0 Å². The van der Waals surface area contributed by atoms with Crippen LogP contribution >= 0.6 is 34.5 Å². The molecule has 0 saturated heterocycles. The first-order chi connectivity index (χ1) is 14.0. The minimum Gasteiger partial charge on any atom is -0.477 e. The summed E-state index contributed by atoms with van der Waals surface area (Å²) in [4.78, 5) is 27.7. The van der Waals surface area contributed by atoms with E-state index in [-0.39, 0.29) is 11.5 Å². The Morgan fingerprint density at radius 1 is 1.17 bits per heavy atom. The summed E-state index contributed by atoms with van der Waals surface area (Å²) >= 11 is 13.9. The smallest absolute Gasteiger partial charge is 0.354 e. The van der Waals surface area contributed by atoms with Crippen molar-refractivity contribution in [2.75, 3.05) is 5.32 Å². The lowest BCUT2D eigenvalue weighted by Crippen LogP contribution is -2.03. The number of carboxylic acid groups (broad SMARTS) is 1. The fraction of sp³-hybridized carbons (Fsp3) is 0. The van der Waals surface area contributed by atoms with Crippen molar-refractivity contribution in [3.8, 4) is 16.6 Å². The molecule has 29 heavy (non-hydrogen) atoms. The highest BCUT2D eigenvalue weighted by Gasteiger charge is 2.17. The number of hydrogen-bond acceptors (Lipinski definition) is 8. The number of hydrogen-bond donors (Lipinski definition) is 2. The van der Waals surface area contributed by atoms with Crippen LogP contribution in [0.5, 0.6) is 0 Å². The van der Waals surface area contributed by atoms with E-state index in [0.717, 1.165) is 6.33 Å². The predicted octanol–water partition coefficient (Wildman–Crippen LogP) is 4.77. The molecule has 3 aromatic heterocycles. The standard InChI is InChI=1S/C18H8Cl2N6O2S/c19-9-3-8(6-21)4-10(20)14(9)17-25-11-1-2-22-16(15(11)29-17)26-13-5-12(18(27)28)23-7-24-13/h1-5,7H,(H,27,28)(H,22,23,24,26). The van der Waals surface area contributed by atoms with Crippen molar-refractivity contribution >= 4 is 62.4 Å². The van der Waals surface area contributed by atoms with Crippen LogP contribution in [0.4, 0.5) is 11.6 Å². The van der Waals surface area contributed by atoms with Crippen molar-refractivity contribution in [1.82, 2.24) is 19.9 Å². The van der Waals surface area contributed by atoms with Crippen molar-refractivity contribution in [1.29, 1.82) is 5.26 Å². The van der Waals surface area contributed by atoms with Gasteiger partial charge in [0.2, 0.25) is 0 Å². The molecule has 11 heteroatoms. The number of pyridine rings is 1. The number of aromatic nitrogens is 4. The fourth-order valence-electron chi connectivity index (χ4n) is 2.56. The van der Waals surface area contributed by atoms with E-state index >= 15 is 0 Å². The molecule has 3 heterocycles. The highest BCUT2D eigenvalue weighted by Crippen LogP contribution is 2.41. The van der Waals surface area contributed by atoms with Crippen LogP contribution in [0.1, 0.15) is 16.1 Å². The number of anilines is 2. The molecule has 2 N–H and O–H groups in total. The molecule has 1 aromatic carbocycles. The van der Waals surface area contributed by atoms with Crippen molar-refractivity contribution in [2.45, 2.75) is 0 Å². The van der Waals surface area contributed by atoms with Gasteiger partial charge in [0, 0.05) is 17.8 Å². The number of nitriles is 1. The molecule has 0 spiro atoms.